The average Bonchev–Trinajstić information content (AvgIpc) is 3.29. The maximum Gasteiger partial charge on any atom is 0.416 e. The number of carbonyl (C=O) groups excluding carboxylic acids is 1. The first-order chi connectivity index (χ1) is 15.3. The van der Waals surface area contributed by atoms with Crippen molar-refractivity contribution in [3.63, 3.8) is 0 Å². The number of likely N-dealkylation sites (N-methyl/N-ethyl adjacent to an activating group) is 1. The summed E-state index contributed by atoms with van der Waals surface area (Å²) >= 11 is 0. The molecule has 1 unspecified atom stereocenters. The Kier molecular flexibility index (Phi) is 6.10. The van der Waals surface area contributed by atoms with Gasteiger partial charge in [0.05, 0.1) is 22.5 Å². The molecule has 9 heteroatoms. The van der Waals surface area contributed by atoms with E-state index < -0.39 is 11.7 Å². The molecule has 1 aliphatic heterocycles. The van der Waals surface area contributed by atoms with Gasteiger partial charge in [0.15, 0.2) is 0 Å². The van der Waals surface area contributed by atoms with Crippen LogP contribution in [0.2, 0.25) is 0 Å². The summed E-state index contributed by atoms with van der Waals surface area (Å²) in [5.74, 6) is 0.415. The van der Waals surface area contributed by atoms with E-state index in [-0.39, 0.29) is 25.0 Å². The monoisotopic (exact) mass is 446 g/mol. The number of fused-ring (bicyclic) bond motifs is 1. The van der Waals surface area contributed by atoms with Gasteiger partial charge in [0.25, 0.3) is 0 Å². The number of hydrogen-bond acceptors (Lipinski definition) is 4. The second-order valence-corrected chi connectivity index (χ2v) is 8.07. The van der Waals surface area contributed by atoms with Crippen molar-refractivity contribution in [1.29, 1.82) is 0 Å². The molecule has 170 valence electrons. The van der Waals surface area contributed by atoms with E-state index in [1.165, 1.54) is 6.07 Å². The van der Waals surface area contributed by atoms with Crippen LogP contribution in [-0.4, -0.2) is 45.7 Å². The van der Waals surface area contributed by atoms with Gasteiger partial charge in [-0.15, -0.1) is 0 Å². The number of imidazole rings is 1. The fourth-order valence-corrected chi connectivity index (χ4v) is 4.12. The third-order valence-electron chi connectivity index (χ3n) is 5.85. The van der Waals surface area contributed by atoms with Crippen LogP contribution in [0.3, 0.4) is 0 Å². The molecule has 2 aromatic carbocycles. The fourth-order valence-electron chi connectivity index (χ4n) is 4.12. The molecule has 1 aromatic heterocycles. The molecule has 6 nitrogen and oxygen atoms in total. The molecule has 32 heavy (non-hydrogen) atoms. The number of halogens is 3. The number of anilines is 1. The Morgan fingerprint density at radius 1 is 1.22 bits per heavy atom. The van der Waals surface area contributed by atoms with Gasteiger partial charge in [0.2, 0.25) is 11.9 Å². The van der Waals surface area contributed by atoms with Crippen LogP contribution in [0.5, 0.6) is 0 Å². The van der Waals surface area contributed by atoms with Crippen molar-refractivity contribution in [2.24, 2.45) is 0 Å². The van der Waals surface area contributed by atoms with Crippen LogP contribution in [0.25, 0.3) is 11.0 Å². The number of carbonyl (C=O) groups is 1. The highest BCUT2D eigenvalue weighted by Gasteiger charge is 2.31. The molecule has 1 saturated heterocycles. The summed E-state index contributed by atoms with van der Waals surface area (Å²) in [5.41, 5.74) is 2.24. The van der Waals surface area contributed by atoms with Gasteiger partial charge in [-0.05, 0) is 48.2 Å². The lowest BCUT2D eigenvalue weighted by atomic mass is 9.97. The number of alkyl halides is 3. The Morgan fingerprint density at radius 2 is 2.03 bits per heavy atom. The SMILES string of the molecule is CN1CCC(c2ccc3c(c2)nc(NCc2cccc(C(F)(F)F)c2)n3CCCO)C1=O. The molecule has 1 aliphatic rings. The molecule has 1 fully saturated rings. The van der Waals surface area contributed by atoms with E-state index in [4.69, 9.17) is 0 Å². The minimum absolute atomic E-state index is 0.00767. The topological polar surface area (TPSA) is 70.4 Å². The Bertz CT molecular complexity index is 1130. The highest BCUT2D eigenvalue weighted by Crippen LogP contribution is 2.32. The van der Waals surface area contributed by atoms with Gasteiger partial charge in [-0.2, -0.15) is 13.2 Å². The molecule has 2 N–H and O–H groups in total. The molecular formula is C23H25F3N4O2. The zero-order chi connectivity index (χ0) is 22.9. The number of benzene rings is 2. The second-order valence-electron chi connectivity index (χ2n) is 8.07. The van der Waals surface area contributed by atoms with Crippen LogP contribution >= 0.6 is 0 Å². The van der Waals surface area contributed by atoms with Crippen LogP contribution < -0.4 is 5.32 Å². The van der Waals surface area contributed by atoms with E-state index in [2.05, 4.69) is 10.3 Å². The van der Waals surface area contributed by atoms with Gasteiger partial charge in [-0.3, -0.25) is 4.79 Å². The number of aliphatic hydroxyl groups is 1. The smallest absolute Gasteiger partial charge is 0.396 e. The van der Waals surface area contributed by atoms with Gasteiger partial charge in [0, 0.05) is 33.3 Å². The molecule has 1 atom stereocenters. The van der Waals surface area contributed by atoms with Gasteiger partial charge >= 0.3 is 6.18 Å². The third-order valence-corrected chi connectivity index (χ3v) is 5.85. The van der Waals surface area contributed by atoms with Gasteiger partial charge in [0.1, 0.15) is 0 Å². The number of aromatic nitrogens is 2. The Morgan fingerprint density at radius 3 is 2.72 bits per heavy atom. The lowest BCUT2D eigenvalue weighted by Crippen LogP contribution is -2.21. The first kappa shape index (κ1) is 22.1. The van der Waals surface area contributed by atoms with Crippen molar-refractivity contribution >= 4 is 22.9 Å². The van der Waals surface area contributed by atoms with Crippen LogP contribution in [-0.2, 0) is 24.1 Å². The molecular weight excluding hydrogens is 421 g/mol. The molecule has 2 heterocycles. The van der Waals surface area contributed by atoms with E-state index in [0.717, 1.165) is 36.2 Å². The summed E-state index contributed by atoms with van der Waals surface area (Å²) in [7, 11) is 1.79. The average molecular weight is 446 g/mol. The normalized spacial score (nSPS) is 16.8. The quantitative estimate of drug-likeness (QED) is 0.576. The van der Waals surface area contributed by atoms with Crippen LogP contribution in [0.15, 0.2) is 42.5 Å². The Balaban J connectivity index is 1.62. The lowest BCUT2D eigenvalue weighted by Gasteiger charge is -2.12. The number of likely N-dealkylation sites (tertiary alicyclic amines) is 1. The van der Waals surface area contributed by atoms with E-state index in [1.54, 1.807) is 18.0 Å². The number of hydrogen-bond donors (Lipinski definition) is 2. The van der Waals surface area contributed by atoms with E-state index in [1.807, 2.05) is 22.8 Å². The molecule has 0 spiro atoms. The predicted molar refractivity (Wildman–Crippen MR) is 115 cm³/mol. The van der Waals surface area contributed by atoms with Crippen molar-refractivity contribution < 1.29 is 23.1 Å². The van der Waals surface area contributed by atoms with E-state index in [0.29, 0.717) is 30.0 Å². The van der Waals surface area contributed by atoms with Crippen molar-refractivity contribution in [2.45, 2.75) is 38.0 Å². The lowest BCUT2D eigenvalue weighted by molar-refractivity contribution is -0.137. The molecule has 0 aliphatic carbocycles. The van der Waals surface area contributed by atoms with Crippen LogP contribution in [0, 0.1) is 0 Å². The molecule has 4 rings (SSSR count). The standard InChI is InChI=1S/C23H25F3N4O2/c1-29-10-8-18(21(29)32)16-6-7-20-19(13-16)28-22(30(20)9-3-11-31)27-14-15-4-2-5-17(12-15)23(24,25)26/h2,4-7,12-13,18,31H,3,8-11,14H2,1H3,(H,27,28). The number of aryl methyl sites for hydroxylation is 1. The molecule has 3 aromatic rings. The Labute approximate surface area is 183 Å². The van der Waals surface area contributed by atoms with Crippen molar-refractivity contribution in [3.8, 4) is 0 Å². The van der Waals surface area contributed by atoms with E-state index in [9.17, 15) is 23.1 Å². The summed E-state index contributed by atoms with van der Waals surface area (Å²) in [6.07, 6.45) is -3.13. The zero-order valence-corrected chi connectivity index (χ0v) is 17.7. The summed E-state index contributed by atoms with van der Waals surface area (Å²) < 4.78 is 40.9. The molecule has 0 saturated carbocycles. The molecule has 1 amide bonds. The predicted octanol–water partition coefficient (Wildman–Crippen LogP) is 4.00. The highest BCUT2D eigenvalue weighted by molar-refractivity contribution is 5.87. The summed E-state index contributed by atoms with van der Waals surface area (Å²) in [5, 5.41) is 12.4. The Hall–Kier alpha value is -3.07. The molecule has 0 bridgehead atoms. The van der Waals surface area contributed by atoms with Gasteiger partial charge in [-0.1, -0.05) is 18.2 Å². The zero-order valence-electron chi connectivity index (χ0n) is 17.7. The minimum Gasteiger partial charge on any atom is -0.396 e. The first-order valence-corrected chi connectivity index (χ1v) is 10.5. The van der Waals surface area contributed by atoms with E-state index >= 15 is 0 Å². The van der Waals surface area contributed by atoms with Crippen molar-refractivity contribution in [2.75, 3.05) is 25.5 Å². The van der Waals surface area contributed by atoms with Gasteiger partial charge < -0.3 is 19.9 Å². The van der Waals surface area contributed by atoms with Crippen molar-refractivity contribution in [3.05, 3.63) is 59.2 Å². The summed E-state index contributed by atoms with van der Waals surface area (Å²) in [6.45, 7) is 1.40. The first-order valence-electron chi connectivity index (χ1n) is 10.5. The number of aliphatic hydroxyl groups excluding tert-OH is 1. The number of nitrogens with zero attached hydrogens (tertiary/aromatic N) is 3. The number of nitrogens with one attached hydrogen (secondary N) is 1. The number of amides is 1. The molecule has 0 radical (unpaired) electrons. The van der Waals surface area contributed by atoms with Crippen LogP contribution in [0.4, 0.5) is 19.1 Å². The summed E-state index contributed by atoms with van der Waals surface area (Å²) in [6, 6.07) is 10.9. The largest absolute Gasteiger partial charge is 0.416 e. The number of rotatable bonds is 7. The maximum atomic E-state index is 13.0. The third kappa shape index (κ3) is 4.43. The minimum atomic E-state index is -4.40. The fraction of sp³-hybridized carbons (Fsp3) is 0.391. The van der Waals surface area contributed by atoms with Crippen molar-refractivity contribution in [1.82, 2.24) is 14.5 Å². The van der Waals surface area contributed by atoms with Crippen LogP contribution in [0.1, 0.15) is 35.4 Å². The summed E-state index contributed by atoms with van der Waals surface area (Å²) in [4.78, 5) is 18.8. The second kappa shape index (κ2) is 8.82. The van der Waals surface area contributed by atoms with Gasteiger partial charge in [-0.25, -0.2) is 4.98 Å². The highest BCUT2D eigenvalue weighted by atomic mass is 19.4. The maximum absolute atomic E-state index is 13.0.